The zero-order chi connectivity index (χ0) is 23.7. The molecular weight excluding hydrogens is 478 g/mol. The van der Waals surface area contributed by atoms with Gasteiger partial charge in [-0.15, -0.1) is 0 Å². The van der Waals surface area contributed by atoms with E-state index in [1.807, 2.05) is 30.7 Å². The van der Waals surface area contributed by atoms with E-state index in [2.05, 4.69) is 116 Å². The largest absolute Gasteiger partial charge is 0.0767 e. The van der Waals surface area contributed by atoms with Crippen molar-refractivity contribution in [2.24, 2.45) is 0 Å². The molecule has 0 aliphatic heterocycles. The molecule has 0 unspecified atom stereocenters. The monoisotopic (exact) mass is 500 g/mol. The Balaban J connectivity index is 0.000000499. The van der Waals surface area contributed by atoms with E-state index >= 15 is 0 Å². The van der Waals surface area contributed by atoms with Crippen molar-refractivity contribution >= 4 is 8.19 Å². The summed E-state index contributed by atoms with van der Waals surface area (Å²) in [7, 11) is 1.25. The molecule has 34 heavy (non-hydrogen) atoms. The van der Waals surface area contributed by atoms with Crippen LogP contribution in [0.5, 0.6) is 0 Å². The van der Waals surface area contributed by atoms with E-state index in [4.69, 9.17) is 9.30 Å². The third-order valence-corrected chi connectivity index (χ3v) is 5.88. The SMILES string of the molecule is [C-]#[O+].[C-]#[O+].[CH]1C=CC=C1.[Mn].c1ccc(-c2cc(-c3ccccc3)pc(-c3ccccc3)c2)cc1. The van der Waals surface area contributed by atoms with Gasteiger partial charge in [0.15, 0.2) is 0 Å². The summed E-state index contributed by atoms with van der Waals surface area (Å²) in [5.74, 6) is 0. The topological polar surface area (TPSA) is 39.8 Å². The van der Waals surface area contributed by atoms with Gasteiger partial charge in [0, 0.05) is 34.1 Å². The molecule has 0 atom stereocenters. The second-order valence-corrected chi connectivity index (χ2v) is 7.87. The summed E-state index contributed by atoms with van der Waals surface area (Å²) in [6, 6.07) is 36.6. The fraction of sp³-hybridized carbons (Fsp3) is 0. The molecule has 0 saturated carbocycles. The number of allylic oxidation sites excluding steroid dienone is 4. The quantitative estimate of drug-likeness (QED) is 0.154. The van der Waals surface area contributed by atoms with Crippen LogP contribution in [0.2, 0.25) is 0 Å². The van der Waals surface area contributed by atoms with Gasteiger partial charge in [-0.3, -0.25) is 0 Å². The first-order chi connectivity index (χ1) is 16.4. The first kappa shape index (κ1) is 28.8. The van der Waals surface area contributed by atoms with Gasteiger partial charge in [0.2, 0.25) is 0 Å². The maximum absolute atomic E-state index is 7.50. The minimum absolute atomic E-state index is 0. The zero-order valence-electron chi connectivity index (χ0n) is 18.3. The van der Waals surface area contributed by atoms with E-state index < -0.39 is 0 Å². The Morgan fingerprint density at radius 2 is 0.794 bits per heavy atom. The molecule has 0 bridgehead atoms. The molecule has 5 rings (SSSR count). The van der Waals surface area contributed by atoms with Crippen LogP contribution in [0.25, 0.3) is 32.8 Å². The summed E-state index contributed by atoms with van der Waals surface area (Å²) in [5, 5.41) is 2.69. The van der Waals surface area contributed by atoms with Gasteiger partial charge in [0.25, 0.3) is 0 Å². The Hall–Kier alpha value is -3.21. The molecular formula is C30H22MnO2P. The zero-order valence-corrected chi connectivity index (χ0v) is 20.4. The van der Waals surface area contributed by atoms with Crippen molar-refractivity contribution in [3.05, 3.63) is 147 Å². The van der Waals surface area contributed by atoms with Crippen molar-refractivity contribution in [3.63, 3.8) is 0 Å². The standard InChI is InChI=1S/C23H17P.C5H5.2CO.Mn/c1-4-10-18(11-5-1)21-16-22(19-12-6-2-7-13-19)24-23(17-21)20-14-8-3-9-15-20;1-2-4-5-3-1;2*1-2;/h1-17H;1-5H;;;. The van der Waals surface area contributed by atoms with E-state index in [1.165, 1.54) is 41.0 Å². The number of benzene rings is 3. The molecule has 0 saturated heterocycles. The minimum Gasteiger partial charge on any atom is -0.0767 e. The predicted octanol–water partition coefficient (Wildman–Crippen LogP) is 8.51. The minimum atomic E-state index is 0. The first-order valence-corrected chi connectivity index (χ1v) is 11.1. The molecule has 0 fully saturated rings. The summed E-state index contributed by atoms with van der Waals surface area (Å²) < 4.78 is 15.0. The second-order valence-electron chi connectivity index (χ2n) is 6.69. The van der Waals surface area contributed by atoms with E-state index in [9.17, 15) is 0 Å². The molecule has 166 valence electrons. The van der Waals surface area contributed by atoms with Crippen LogP contribution < -0.4 is 0 Å². The van der Waals surface area contributed by atoms with Gasteiger partial charge in [0.1, 0.15) is 0 Å². The molecule has 4 aromatic rings. The molecule has 3 aromatic carbocycles. The van der Waals surface area contributed by atoms with Crippen molar-refractivity contribution in [2.75, 3.05) is 0 Å². The van der Waals surface area contributed by atoms with Crippen LogP contribution in [0.15, 0.2) is 127 Å². The Labute approximate surface area is 214 Å². The van der Waals surface area contributed by atoms with Gasteiger partial charge in [-0.2, -0.15) is 0 Å². The molecule has 1 aliphatic rings. The fourth-order valence-electron chi connectivity index (χ4n) is 3.16. The molecule has 0 amide bonds. The van der Waals surface area contributed by atoms with E-state index in [0.29, 0.717) is 0 Å². The maximum atomic E-state index is 7.50. The summed E-state index contributed by atoms with van der Waals surface area (Å²) in [5.41, 5.74) is 5.10. The summed E-state index contributed by atoms with van der Waals surface area (Å²) in [6.07, 6.45) is 10.0. The van der Waals surface area contributed by atoms with Gasteiger partial charge in [-0.25, -0.2) is 0 Å². The maximum Gasteiger partial charge on any atom is 0.0102 e. The van der Waals surface area contributed by atoms with Crippen LogP contribution in [0.4, 0.5) is 0 Å². The summed E-state index contributed by atoms with van der Waals surface area (Å²) >= 11 is 0. The summed E-state index contributed by atoms with van der Waals surface area (Å²) in [4.78, 5) is 0. The van der Waals surface area contributed by atoms with Gasteiger partial charge in [0.05, 0.1) is 0 Å². The van der Waals surface area contributed by atoms with Crippen LogP contribution in [-0.4, -0.2) is 0 Å². The van der Waals surface area contributed by atoms with Crippen LogP contribution in [0.1, 0.15) is 0 Å². The Kier molecular flexibility index (Phi) is 14.7. The summed E-state index contributed by atoms with van der Waals surface area (Å²) in [6.45, 7) is 9.00. The average molecular weight is 500 g/mol. The van der Waals surface area contributed by atoms with Gasteiger partial charge >= 0.3 is 22.6 Å². The van der Waals surface area contributed by atoms with Crippen molar-refractivity contribution < 1.29 is 26.4 Å². The van der Waals surface area contributed by atoms with Crippen LogP contribution in [-0.2, 0) is 26.4 Å². The van der Waals surface area contributed by atoms with Crippen LogP contribution in [0, 0.1) is 19.7 Å². The molecule has 2 nitrogen and oxygen atoms in total. The third kappa shape index (κ3) is 8.97. The van der Waals surface area contributed by atoms with Gasteiger partial charge < -0.3 is 0 Å². The molecule has 2 radical (unpaired) electrons. The Bertz CT molecular complexity index is 1040. The predicted molar refractivity (Wildman–Crippen MR) is 136 cm³/mol. The number of rotatable bonds is 3. The Morgan fingerprint density at radius 1 is 0.441 bits per heavy atom. The van der Waals surface area contributed by atoms with Crippen LogP contribution in [0.3, 0.4) is 0 Å². The third-order valence-electron chi connectivity index (χ3n) is 4.63. The molecule has 1 aliphatic carbocycles. The van der Waals surface area contributed by atoms with Crippen molar-refractivity contribution in [1.29, 1.82) is 0 Å². The fourth-order valence-corrected chi connectivity index (χ4v) is 4.39. The number of hydrogen-bond donors (Lipinski definition) is 0. The van der Waals surface area contributed by atoms with Crippen LogP contribution >= 0.6 is 8.19 Å². The van der Waals surface area contributed by atoms with Gasteiger partial charge in [-0.1, -0.05) is 123 Å². The molecule has 0 spiro atoms. The van der Waals surface area contributed by atoms with E-state index in [0.717, 1.165) is 0 Å². The number of hydrogen-bond acceptors (Lipinski definition) is 0. The molecule has 1 heterocycles. The van der Waals surface area contributed by atoms with E-state index in [-0.39, 0.29) is 17.1 Å². The molecule has 1 aromatic heterocycles. The smallest absolute Gasteiger partial charge is 0.0102 e. The average Bonchev–Trinajstić information content (AvgIpc) is 3.53. The first-order valence-electron chi connectivity index (χ1n) is 10.2. The van der Waals surface area contributed by atoms with E-state index in [1.54, 1.807) is 0 Å². The molecule has 0 N–H and O–H groups in total. The second kappa shape index (κ2) is 17.3. The van der Waals surface area contributed by atoms with Crippen molar-refractivity contribution in [1.82, 2.24) is 0 Å². The van der Waals surface area contributed by atoms with Gasteiger partial charge in [-0.05, 0) is 34.4 Å². The normalized spacial score (nSPS) is 10.1. The van der Waals surface area contributed by atoms with Crippen molar-refractivity contribution in [2.45, 2.75) is 0 Å². The van der Waals surface area contributed by atoms with Crippen molar-refractivity contribution in [3.8, 4) is 32.8 Å². The Morgan fingerprint density at radius 3 is 1.12 bits per heavy atom. The molecule has 4 heteroatoms.